The molecule has 0 atom stereocenters. The first-order chi connectivity index (χ1) is 13.7. The Labute approximate surface area is 167 Å². The second kappa shape index (κ2) is 7.38. The summed E-state index contributed by atoms with van der Waals surface area (Å²) in [4.78, 5) is 16.1. The van der Waals surface area contributed by atoms with Crippen LogP contribution < -0.4 is 0 Å². The summed E-state index contributed by atoms with van der Waals surface area (Å²) in [5.41, 5.74) is 5.55. The number of hydrogen-bond donors (Lipinski definition) is 0. The lowest BCUT2D eigenvalue weighted by atomic mass is 10.1. The van der Waals surface area contributed by atoms with Crippen molar-refractivity contribution < 1.29 is 4.79 Å². The summed E-state index contributed by atoms with van der Waals surface area (Å²) in [6.07, 6.45) is 12.9. The molecule has 148 valence electrons. The molecule has 0 saturated heterocycles. The Morgan fingerprint density at radius 1 is 0.964 bits per heavy atom. The molecule has 1 aromatic heterocycles. The second-order valence-corrected chi connectivity index (χ2v) is 8.91. The predicted octanol–water partition coefficient (Wildman–Crippen LogP) is 5.00. The zero-order valence-electron chi connectivity index (χ0n) is 17.0. The van der Waals surface area contributed by atoms with E-state index in [1.54, 1.807) is 0 Å². The van der Waals surface area contributed by atoms with Crippen LogP contribution in [0, 0.1) is 6.92 Å². The highest BCUT2D eigenvalue weighted by Gasteiger charge is 2.38. The molecule has 3 aliphatic carbocycles. The van der Waals surface area contributed by atoms with Gasteiger partial charge in [-0.25, -0.2) is 4.68 Å². The van der Waals surface area contributed by atoms with E-state index < -0.39 is 0 Å². The monoisotopic (exact) mass is 377 g/mol. The van der Waals surface area contributed by atoms with Gasteiger partial charge in [0.2, 0.25) is 0 Å². The first-order valence-electron chi connectivity index (χ1n) is 11.2. The Morgan fingerprint density at radius 3 is 2.25 bits per heavy atom. The van der Waals surface area contributed by atoms with Crippen molar-refractivity contribution in [1.29, 1.82) is 0 Å². The van der Waals surface area contributed by atoms with Crippen molar-refractivity contribution in [1.82, 2.24) is 14.7 Å². The standard InChI is InChI=1S/C24H31N3O/c1-17-9-2-7-15-21(17)27-22-16-8-14-20(22)23(25-27)24(28)26(18-10-3-4-11-18)19-12-5-6-13-19/h2,7,9,15,18-19H,3-6,8,10-14,16H2,1H3. The van der Waals surface area contributed by atoms with Crippen LogP contribution in [-0.4, -0.2) is 32.7 Å². The fraction of sp³-hybridized carbons (Fsp3) is 0.583. The Kier molecular flexibility index (Phi) is 4.73. The van der Waals surface area contributed by atoms with Gasteiger partial charge in [0.25, 0.3) is 5.91 Å². The van der Waals surface area contributed by atoms with Crippen LogP contribution in [0.5, 0.6) is 0 Å². The Morgan fingerprint density at radius 2 is 1.61 bits per heavy atom. The number of hydrogen-bond acceptors (Lipinski definition) is 2. The van der Waals surface area contributed by atoms with Gasteiger partial charge in [0.1, 0.15) is 0 Å². The minimum absolute atomic E-state index is 0.212. The molecule has 2 saturated carbocycles. The molecule has 5 rings (SSSR count). The lowest BCUT2D eigenvalue weighted by Gasteiger charge is -2.34. The number of carbonyl (C=O) groups excluding carboxylic acids is 1. The molecule has 0 aliphatic heterocycles. The van der Waals surface area contributed by atoms with Gasteiger partial charge in [-0.1, -0.05) is 43.9 Å². The molecule has 1 amide bonds. The van der Waals surface area contributed by atoms with Crippen molar-refractivity contribution in [3.63, 3.8) is 0 Å². The Balaban J connectivity index is 1.55. The van der Waals surface area contributed by atoms with E-state index >= 15 is 0 Å². The number of fused-ring (bicyclic) bond motifs is 1. The van der Waals surface area contributed by atoms with Crippen LogP contribution in [0.3, 0.4) is 0 Å². The van der Waals surface area contributed by atoms with E-state index in [0.29, 0.717) is 12.1 Å². The number of aromatic nitrogens is 2. The van der Waals surface area contributed by atoms with Gasteiger partial charge in [-0.3, -0.25) is 4.79 Å². The molecule has 0 bridgehead atoms. The zero-order valence-corrected chi connectivity index (χ0v) is 17.0. The maximum absolute atomic E-state index is 13.9. The van der Waals surface area contributed by atoms with Gasteiger partial charge in [0.05, 0.1) is 5.69 Å². The van der Waals surface area contributed by atoms with Gasteiger partial charge in [-0.05, 0) is 63.5 Å². The third kappa shape index (κ3) is 2.98. The molecule has 0 unspecified atom stereocenters. The molecule has 28 heavy (non-hydrogen) atoms. The van der Waals surface area contributed by atoms with Crippen molar-refractivity contribution in [3.8, 4) is 5.69 Å². The number of nitrogens with zero attached hydrogens (tertiary/aromatic N) is 3. The smallest absolute Gasteiger partial charge is 0.275 e. The average Bonchev–Trinajstić information content (AvgIpc) is 3.48. The number of para-hydroxylation sites is 1. The van der Waals surface area contributed by atoms with Gasteiger partial charge >= 0.3 is 0 Å². The van der Waals surface area contributed by atoms with Crippen molar-refractivity contribution in [2.45, 2.75) is 89.6 Å². The summed E-state index contributed by atoms with van der Waals surface area (Å²) >= 11 is 0. The molecule has 1 aromatic carbocycles. The second-order valence-electron chi connectivity index (χ2n) is 8.91. The van der Waals surface area contributed by atoms with Crippen LogP contribution in [0.2, 0.25) is 0 Å². The van der Waals surface area contributed by atoms with Crippen LogP contribution in [-0.2, 0) is 12.8 Å². The van der Waals surface area contributed by atoms with Crippen LogP contribution in [0.25, 0.3) is 5.69 Å². The summed E-state index contributed by atoms with van der Waals surface area (Å²) in [6.45, 7) is 2.13. The molecule has 2 fully saturated rings. The van der Waals surface area contributed by atoms with Crippen LogP contribution in [0.1, 0.15) is 85.1 Å². The molecule has 4 nitrogen and oxygen atoms in total. The van der Waals surface area contributed by atoms with E-state index in [4.69, 9.17) is 5.10 Å². The normalized spacial score (nSPS) is 20.0. The zero-order chi connectivity index (χ0) is 19.1. The van der Waals surface area contributed by atoms with Gasteiger partial charge < -0.3 is 4.90 Å². The van der Waals surface area contributed by atoms with Gasteiger partial charge in [-0.15, -0.1) is 0 Å². The maximum Gasteiger partial charge on any atom is 0.275 e. The largest absolute Gasteiger partial charge is 0.331 e. The number of benzene rings is 1. The summed E-state index contributed by atoms with van der Waals surface area (Å²) < 4.78 is 2.08. The predicted molar refractivity (Wildman–Crippen MR) is 111 cm³/mol. The van der Waals surface area contributed by atoms with Crippen molar-refractivity contribution >= 4 is 5.91 Å². The maximum atomic E-state index is 13.9. The van der Waals surface area contributed by atoms with E-state index in [1.807, 2.05) is 0 Å². The van der Waals surface area contributed by atoms with Crippen LogP contribution >= 0.6 is 0 Å². The summed E-state index contributed by atoms with van der Waals surface area (Å²) in [5.74, 6) is 0.212. The van der Waals surface area contributed by atoms with Crippen LogP contribution in [0.15, 0.2) is 24.3 Å². The van der Waals surface area contributed by atoms with Gasteiger partial charge in [-0.2, -0.15) is 5.10 Å². The summed E-state index contributed by atoms with van der Waals surface area (Å²) in [6, 6.07) is 9.24. The summed E-state index contributed by atoms with van der Waals surface area (Å²) in [5, 5.41) is 4.95. The Hall–Kier alpha value is -2.10. The van der Waals surface area contributed by atoms with E-state index in [9.17, 15) is 4.79 Å². The quantitative estimate of drug-likeness (QED) is 0.752. The minimum Gasteiger partial charge on any atom is -0.331 e. The van der Waals surface area contributed by atoms with Crippen LogP contribution in [0.4, 0.5) is 0 Å². The minimum atomic E-state index is 0.212. The molecule has 0 spiro atoms. The molecule has 2 aromatic rings. The van der Waals surface area contributed by atoms with E-state index in [-0.39, 0.29) is 5.91 Å². The third-order valence-corrected chi connectivity index (χ3v) is 7.15. The average molecular weight is 378 g/mol. The summed E-state index contributed by atoms with van der Waals surface area (Å²) in [7, 11) is 0. The van der Waals surface area contributed by atoms with Crippen molar-refractivity contribution in [2.75, 3.05) is 0 Å². The number of carbonyl (C=O) groups is 1. The first kappa shape index (κ1) is 18.0. The third-order valence-electron chi connectivity index (χ3n) is 7.15. The highest BCUT2D eigenvalue weighted by molar-refractivity contribution is 5.95. The molecule has 0 radical (unpaired) electrons. The lowest BCUT2D eigenvalue weighted by molar-refractivity contribution is 0.0572. The van der Waals surface area contributed by atoms with Crippen molar-refractivity contribution in [2.24, 2.45) is 0 Å². The molecular formula is C24H31N3O. The van der Waals surface area contributed by atoms with Gasteiger partial charge in [0.15, 0.2) is 5.69 Å². The molecule has 4 heteroatoms. The number of amides is 1. The fourth-order valence-electron chi connectivity index (χ4n) is 5.73. The van der Waals surface area contributed by atoms with Gasteiger partial charge in [0, 0.05) is 23.3 Å². The Bertz CT molecular complexity index is 856. The van der Waals surface area contributed by atoms with E-state index in [0.717, 1.165) is 30.6 Å². The highest BCUT2D eigenvalue weighted by Crippen LogP contribution is 2.35. The van der Waals surface area contributed by atoms with E-state index in [1.165, 1.54) is 68.2 Å². The highest BCUT2D eigenvalue weighted by atomic mass is 16.2. The fourth-order valence-corrected chi connectivity index (χ4v) is 5.73. The molecule has 3 aliphatic rings. The first-order valence-corrected chi connectivity index (χ1v) is 11.2. The molecule has 0 N–H and O–H groups in total. The lowest BCUT2D eigenvalue weighted by Crippen LogP contribution is -2.45. The van der Waals surface area contributed by atoms with Crippen molar-refractivity contribution in [3.05, 3.63) is 46.8 Å². The molecular weight excluding hydrogens is 346 g/mol. The number of rotatable bonds is 4. The SMILES string of the molecule is Cc1ccccc1-n1nc(C(=O)N(C2CCCC2)C2CCCC2)c2c1CCC2. The van der Waals surface area contributed by atoms with E-state index in [2.05, 4.69) is 40.8 Å². The topological polar surface area (TPSA) is 38.1 Å². The number of aryl methyl sites for hydroxylation is 1. The molecule has 1 heterocycles.